The van der Waals surface area contributed by atoms with Crippen LogP contribution in [-0.4, -0.2) is 41.3 Å². The lowest BCUT2D eigenvalue weighted by molar-refractivity contribution is -0.757. The Bertz CT molecular complexity index is 847. The normalized spacial score (nSPS) is 16.4. The van der Waals surface area contributed by atoms with Crippen LogP contribution >= 0.6 is 0 Å². The summed E-state index contributed by atoms with van der Waals surface area (Å²) in [5.74, 6) is -2.12. The van der Waals surface area contributed by atoms with E-state index in [0.717, 1.165) is 0 Å². The molecule has 1 aliphatic heterocycles. The van der Waals surface area contributed by atoms with Crippen molar-refractivity contribution in [3.8, 4) is 0 Å². The Hall–Kier alpha value is -3.43. The Labute approximate surface area is 167 Å². The van der Waals surface area contributed by atoms with Crippen molar-refractivity contribution in [3.63, 3.8) is 0 Å². The maximum absolute atomic E-state index is 12.8. The molecular weight excluding hydrogens is 382 g/mol. The lowest BCUT2D eigenvalue weighted by atomic mass is 9.82. The van der Waals surface area contributed by atoms with Crippen LogP contribution < -0.4 is 5.32 Å². The summed E-state index contributed by atoms with van der Waals surface area (Å²) in [7, 11) is 0. The van der Waals surface area contributed by atoms with Crippen molar-refractivity contribution in [3.05, 3.63) is 62.7 Å². The Balaban J connectivity index is 2.39. The minimum absolute atomic E-state index is 0.172. The highest BCUT2D eigenvalue weighted by molar-refractivity contribution is 5.99. The number of dihydropyridines is 1. The van der Waals surface area contributed by atoms with Gasteiger partial charge < -0.3 is 19.6 Å². The number of nitrogens with zero attached hydrogens (tertiary/aromatic N) is 2. The topological polar surface area (TPSA) is 130 Å². The van der Waals surface area contributed by atoms with Crippen molar-refractivity contribution >= 4 is 11.9 Å². The molecule has 1 atom stereocenters. The zero-order chi connectivity index (χ0) is 21.6. The van der Waals surface area contributed by atoms with Crippen molar-refractivity contribution in [1.29, 1.82) is 0 Å². The van der Waals surface area contributed by atoms with Gasteiger partial charge in [0, 0.05) is 17.6 Å². The number of ether oxygens (including phenoxy) is 2. The Morgan fingerprint density at radius 2 is 1.83 bits per heavy atom. The third kappa shape index (κ3) is 5.53. The van der Waals surface area contributed by atoms with E-state index >= 15 is 0 Å². The Morgan fingerprint density at radius 3 is 2.38 bits per heavy atom. The highest BCUT2D eigenvalue weighted by Crippen LogP contribution is 2.38. The average Bonchev–Trinajstić information content (AvgIpc) is 2.64. The van der Waals surface area contributed by atoms with Gasteiger partial charge in [0.05, 0.1) is 28.9 Å². The van der Waals surface area contributed by atoms with Crippen LogP contribution in [0.2, 0.25) is 0 Å². The van der Waals surface area contributed by atoms with Gasteiger partial charge in [0.25, 0.3) is 5.09 Å². The van der Waals surface area contributed by atoms with E-state index in [1.165, 1.54) is 0 Å². The predicted octanol–water partition coefficient (Wildman–Crippen LogP) is 2.02. The minimum Gasteiger partial charge on any atom is -0.460 e. The zero-order valence-corrected chi connectivity index (χ0v) is 16.6. The molecule has 2 heterocycles. The molecule has 29 heavy (non-hydrogen) atoms. The van der Waals surface area contributed by atoms with Crippen LogP contribution in [0.3, 0.4) is 0 Å². The van der Waals surface area contributed by atoms with Crippen molar-refractivity contribution < 1.29 is 29.0 Å². The summed E-state index contributed by atoms with van der Waals surface area (Å²) < 4.78 is 10.5. The van der Waals surface area contributed by atoms with E-state index in [0.29, 0.717) is 17.1 Å². The molecule has 10 nitrogen and oxygen atoms in total. The van der Waals surface area contributed by atoms with E-state index in [1.807, 2.05) is 0 Å². The second-order valence-corrected chi connectivity index (χ2v) is 6.54. The summed E-state index contributed by atoms with van der Waals surface area (Å²) in [5.41, 5.74) is 1.91. The number of hydrogen-bond acceptors (Lipinski definition) is 9. The number of nitrogens with one attached hydrogen (secondary N) is 1. The number of allylic oxidation sites excluding steroid dienone is 2. The first-order chi connectivity index (χ1) is 13.7. The van der Waals surface area contributed by atoms with Crippen LogP contribution in [0.4, 0.5) is 0 Å². The molecule has 0 spiro atoms. The standard InChI is InChI=1S/C19H23N3O7/c1-11(2)29-19(24)16-13(4)21-12(3)15(17(16)14-7-5-6-8-20-14)18(23)27-9-10-28-22(25)26/h5-8,11,17,21H,9-10H2,1-4H3. The van der Waals surface area contributed by atoms with Gasteiger partial charge in [-0.15, -0.1) is 10.1 Å². The largest absolute Gasteiger partial charge is 0.460 e. The Kier molecular flexibility index (Phi) is 7.29. The van der Waals surface area contributed by atoms with Gasteiger partial charge in [-0.2, -0.15) is 0 Å². The SMILES string of the molecule is CC1=C(C(=O)OCCO[N+](=O)[O-])C(c2ccccn2)C(C(=O)OC(C)C)=C(C)N1. The summed E-state index contributed by atoms with van der Waals surface area (Å²) in [6.07, 6.45) is 1.20. The van der Waals surface area contributed by atoms with Gasteiger partial charge in [-0.3, -0.25) is 4.98 Å². The summed E-state index contributed by atoms with van der Waals surface area (Å²) in [4.78, 5) is 44.3. The van der Waals surface area contributed by atoms with E-state index in [2.05, 4.69) is 15.1 Å². The first-order valence-electron chi connectivity index (χ1n) is 8.97. The predicted molar refractivity (Wildman–Crippen MR) is 101 cm³/mol. The molecule has 0 aliphatic carbocycles. The Morgan fingerprint density at radius 1 is 1.17 bits per heavy atom. The number of rotatable bonds is 8. The summed E-state index contributed by atoms with van der Waals surface area (Å²) >= 11 is 0. The molecule has 1 aromatic rings. The number of esters is 2. The second-order valence-electron chi connectivity index (χ2n) is 6.54. The molecule has 2 rings (SSSR count). The molecule has 0 aromatic carbocycles. The fourth-order valence-electron chi connectivity index (χ4n) is 2.98. The van der Waals surface area contributed by atoms with E-state index in [1.54, 1.807) is 52.1 Å². The molecule has 10 heteroatoms. The van der Waals surface area contributed by atoms with Crippen LogP contribution in [0.5, 0.6) is 0 Å². The van der Waals surface area contributed by atoms with Crippen LogP contribution in [0.25, 0.3) is 0 Å². The highest BCUT2D eigenvalue weighted by atomic mass is 17.0. The van der Waals surface area contributed by atoms with E-state index < -0.39 is 29.6 Å². The monoisotopic (exact) mass is 405 g/mol. The second kappa shape index (κ2) is 9.67. The van der Waals surface area contributed by atoms with Crippen molar-refractivity contribution in [2.75, 3.05) is 13.2 Å². The first-order valence-corrected chi connectivity index (χ1v) is 8.97. The van der Waals surface area contributed by atoms with Gasteiger partial charge in [0.1, 0.15) is 13.2 Å². The number of pyridine rings is 1. The fraction of sp³-hybridized carbons (Fsp3) is 0.421. The van der Waals surface area contributed by atoms with Crippen LogP contribution in [0.15, 0.2) is 46.9 Å². The van der Waals surface area contributed by atoms with Gasteiger partial charge in [0.15, 0.2) is 0 Å². The number of hydrogen-bond donors (Lipinski definition) is 1. The molecule has 0 amide bonds. The third-order valence-corrected chi connectivity index (χ3v) is 4.04. The van der Waals surface area contributed by atoms with Crippen molar-refractivity contribution in [1.82, 2.24) is 10.3 Å². The number of carbonyl (C=O) groups is 2. The lowest BCUT2D eigenvalue weighted by Gasteiger charge is -2.30. The maximum atomic E-state index is 12.8. The molecule has 0 saturated heterocycles. The van der Waals surface area contributed by atoms with Gasteiger partial charge in [-0.25, -0.2) is 9.59 Å². The van der Waals surface area contributed by atoms with E-state index in [9.17, 15) is 19.7 Å². The van der Waals surface area contributed by atoms with Crippen LogP contribution in [-0.2, 0) is 23.9 Å². The molecule has 1 N–H and O–H groups in total. The zero-order valence-electron chi connectivity index (χ0n) is 16.6. The molecule has 1 aromatic heterocycles. The number of aromatic nitrogens is 1. The molecule has 156 valence electrons. The molecule has 0 fully saturated rings. The highest BCUT2D eigenvalue weighted by Gasteiger charge is 2.39. The van der Waals surface area contributed by atoms with Crippen LogP contribution in [0, 0.1) is 10.1 Å². The summed E-state index contributed by atoms with van der Waals surface area (Å²) in [5, 5.41) is 12.3. The van der Waals surface area contributed by atoms with Gasteiger partial charge in [-0.1, -0.05) is 6.07 Å². The molecule has 1 aliphatic rings. The average molecular weight is 405 g/mol. The van der Waals surface area contributed by atoms with Crippen molar-refractivity contribution in [2.24, 2.45) is 0 Å². The number of carbonyl (C=O) groups excluding carboxylic acids is 2. The molecule has 0 saturated carbocycles. The lowest BCUT2D eigenvalue weighted by Crippen LogP contribution is -2.33. The van der Waals surface area contributed by atoms with E-state index in [-0.39, 0.29) is 23.9 Å². The fourth-order valence-corrected chi connectivity index (χ4v) is 2.98. The third-order valence-electron chi connectivity index (χ3n) is 4.04. The maximum Gasteiger partial charge on any atom is 0.337 e. The smallest absolute Gasteiger partial charge is 0.337 e. The molecule has 1 unspecified atom stereocenters. The molecular formula is C19H23N3O7. The summed E-state index contributed by atoms with van der Waals surface area (Å²) in [6.45, 7) is 6.12. The first kappa shape index (κ1) is 21.9. The molecule has 0 radical (unpaired) electrons. The molecule has 0 bridgehead atoms. The van der Waals surface area contributed by atoms with Gasteiger partial charge >= 0.3 is 11.9 Å². The van der Waals surface area contributed by atoms with Crippen molar-refractivity contribution in [2.45, 2.75) is 39.7 Å². The summed E-state index contributed by atoms with van der Waals surface area (Å²) in [6, 6.07) is 5.16. The van der Waals surface area contributed by atoms with Gasteiger partial charge in [-0.05, 0) is 39.8 Å². The van der Waals surface area contributed by atoms with Crippen LogP contribution in [0.1, 0.15) is 39.3 Å². The van der Waals surface area contributed by atoms with E-state index in [4.69, 9.17) is 9.47 Å². The van der Waals surface area contributed by atoms with Gasteiger partial charge in [0.2, 0.25) is 0 Å². The quantitative estimate of drug-likeness (QED) is 0.299. The minimum atomic E-state index is -0.969.